The van der Waals surface area contributed by atoms with Crippen LogP contribution < -0.4 is 5.90 Å². The fourth-order valence-corrected chi connectivity index (χ4v) is 3.64. The lowest BCUT2D eigenvalue weighted by Gasteiger charge is -2.44. The third kappa shape index (κ3) is 2.11. The summed E-state index contributed by atoms with van der Waals surface area (Å²) in [6.45, 7) is 1.48. The fraction of sp³-hybridized carbons (Fsp3) is 0.636. The predicted octanol–water partition coefficient (Wildman–Crippen LogP) is -1.47. The molecule has 0 aromatic carbocycles. The summed E-state index contributed by atoms with van der Waals surface area (Å²) in [6.07, 6.45) is 0.653. The molecule has 1 saturated heterocycles. The lowest BCUT2D eigenvalue weighted by molar-refractivity contribution is -0.161. The molecule has 0 saturated carbocycles. The zero-order valence-electron chi connectivity index (χ0n) is 11.0. The molecular formula is C11H16N2O6S. The van der Waals surface area contributed by atoms with E-state index >= 15 is 0 Å². The van der Waals surface area contributed by atoms with E-state index in [1.54, 1.807) is 0 Å². The van der Waals surface area contributed by atoms with Crippen LogP contribution in [0.1, 0.15) is 13.3 Å². The van der Waals surface area contributed by atoms with Gasteiger partial charge in [0.2, 0.25) is 5.91 Å². The number of hydrogen-bond acceptors (Lipinski definition) is 6. The Balaban J connectivity index is 2.37. The molecule has 2 heterocycles. The zero-order valence-corrected chi connectivity index (χ0v) is 11.8. The number of aliphatic hydroxyl groups is 1. The van der Waals surface area contributed by atoms with Crippen LogP contribution in [-0.2, 0) is 25.6 Å². The van der Waals surface area contributed by atoms with Crippen molar-refractivity contribution in [3.63, 3.8) is 0 Å². The minimum atomic E-state index is -1.53. The predicted molar refractivity (Wildman–Crippen MR) is 68.2 cm³/mol. The SMILES string of the molecule is CC(O)C1C(=O)N2C(C(=O)O)=C(C(ON)[S+](C)[O-])CC12. The van der Waals surface area contributed by atoms with Gasteiger partial charge in [-0.2, -0.15) is 0 Å². The molecule has 112 valence electrons. The van der Waals surface area contributed by atoms with Crippen LogP contribution in [0, 0.1) is 5.92 Å². The normalized spacial score (nSPS) is 29.9. The molecule has 2 rings (SSSR count). The summed E-state index contributed by atoms with van der Waals surface area (Å²) in [7, 11) is 0. The van der Waals surface area contributed by atoms with E-state index in [0.717, 1.165) is 4.90 Å². The molecule has 5 unspecified atom stereocenters. The molecule has 2 aliphatic heterocycles. The van der Waals surface area contributed by atoms with Gasteiger partial charge in [-0.25, -0.2) is 15.5 Å². The van der Waals surface area contributed by atoms with Gasteiger partial charge in [-0.15, -0.1) is 0 Å². The van der Waals surface area contributed by atoms with Gasteiger partial charge in [0.1, 0.15) is 5.70 Å². The second-order valence-corrected chi connectivity index (χ2v) is 6.32. The molecular weight excluding hydrogens is 288 g/mol. The molecule has 20 heavy (non-hydrogen) atoms. The summed E-state index contributed by atoms with van der Waals surface area (Å²) in [5.41, 5.74) is -1.08. The van der Waals surface area contributed by atoms with E-state index in [4.69, 9.17) is 5.90 Å². The summed E-state index contributed by atoms with van der Waals surface area (Å²) < 4.78 is 11.6. The average molecular weight is 304 g/mol. The van der Waals surface area contributed by atoms with E-state index in [1.807, 2.05) is 0 Å². The van der Waals surface area contributed by atoms with Crippen molar-refractivity contribution in [2.75, 3.05) is 6.26 Å². The number of aliphatic hydroxyl groups excluding tert-OH is 1. The number of carboxylic acid groups (broad SMARTS) is 1. The highest BCUT2D eigenvalue weighted by molar-refractivity contribution is 7.91. The van der Waals surface area contributed by atoms with Crippen LogP contribution >= 0.6 is 0 Å². The van der Waals surface area contributed by atoms with Crippen molar-refractivity contribution in [2.24, 2.45) is 11.8 Å². The first-order chi connectivity index (χ1) is 9.31. The van der Waals surface area contributed by atoms with Crippen molar-refractivity contribution in [3.8, 4) is 0 Å². The van der Waals surface area contributed by atoms with E-state index in [9.17, 15) is 24.4 Å². The summed E-state index contributed by atoms with van der Waals surface area (Å²) in [5.74, 6) is 2.69. The van der Waals surface area contributed by atoms with Crippen LogP contribution in [0.4, 0.5) is 0 Å². The Morgan fingerprint density at radius 1 is 1.65 bits per heavy atom. The number of β-lactam (4-membered cyclic amide) rings is 1. The van der Waals surface area contributed by atoms with Crippen LogP contribution in [0.5, 0.6) is 0 Å². The Hall–Kier alpha value is -1.13. The van der Waals surface area contributed by atoms with Crippen LogP contribution in [0.2, 0.25) is 0 Å². The van der Waals surface area contributed by atoms with Gasteiger partial charge in [0.05, 0.1) is 24.3 Å². The quantitative estimate of drug-likeness (QED) is 0.320. The molecule has 2 aliphatic rings. The maximum atomic E-state index is 11.9. The Morgan fingerprint density at radius 3 is 2.65 bits per heavy atom. The largest absolute Gasteiger partial charge is 0.614 e. The third-order valence-electron chi connectivity index (χ3n) is 3.67. The summed E-state index contributed by atoms with van der Waals surface area (Å²) in [5, 5.41) is 18.8. The molecule has 0 bridgehead atoms. The van der Waals surface area contributed by atoms with Gasteiger partial charge < -0.3 is 19.7 Å². The number of fused-ring (bicyclic) bond motifs is 1. The standard InChI is InChI=1S/C11H16N2O6S/c1-4(14)7-6-3-5(11(19-12)20(2)18)8(10(16)17)13(6)9(7)15/h4,6-7,11,14H,3,12H2,1-2H3,(H,16,17). The van der Waals surface area contributed by atoms with Gasteiger partial charge in [0, 0.05) is 12.0 Å². The second-order valence-electron chi connectivity index (χ2n) is 4.89. The first-order valence-electron chi connectivity index (χ1n) is 5.96. The highest BCUT2D eigenvalue weighted by Gasteiger charge is 2.58. The molecule has 0 aromatic rings. The zero-order chi connectivity index (χ0) is 15.2. The lowest BCUT2D eigenvalue weighted by Crippen LogP contribution is -2.61. The summed E-state index contributed by atoms with van der Waals surface area (Å²) in [6, 6.07) is -0.440. The highest BCUT2D eigenvalue weighted by Crippen LogP contribution is 2.45. The van der Waals surface area contributed by atoms with Gasteiger partial charge in [-0.1, -0.05) is 0 Å². The van der Waals surface area contributed by atoms with Crippen LogP contribution in [0.25, 0.3) is 0 Å². The van der Waals surface area contributed by atoms with Crippen molar-refractivity contribution in [2.45, 2.75) is 30.9 Å². The number of nitrogens with zero attached hydrogens (tertiary/aromatic N) is 1. The maximum absolute atomic E-state index is 11.9. The Morgan fingerprint density at radius 2 is 2.25 bits per heavy atom. The molecule has 0 spiro atoms. The van der Waals surface area contributed by atoms with Crippen molar-refractivity contribution < 1.29 is 29.2 Å². The minimum Gasteiger partial charge on any atom is -0.614 e. The number of aliphatic carboxylic acids is 1. The van der Waals surface area contributed by atoms with Gasteiger partial charge in [0.15, 0.2) is 0 Å². The fourth-order valence-electron chi connectivity index (χ4n) is 2.87. The molecule has 0 aromatic heterocycles. The van der Waals surface area contributed by atoms with Crippen LogP contribution in [0.3, 0.4) is 0 Å². The minimum absolute atomic E-state index is 0.185. The number of rotatable bonds is 5. The smallest absolute Gasteiger partial charge is 0.352 e. The maximum Gasteiger partial charge on any atom is 0.352 e. The number of hydrogen-bond donors (Lipinski definition) is 3. The molecule has 1 fully saturated rings. The molecule has 4 N–H and O–H groups in total. The van der Waals surface area contributed by atoms with E-state index < -0.39 is 46.6 Å². The number of nitrogens with two attached hydrogens (primary N) is 1. The Bertz CT molecular complexity index is 478. The molecule has 1 amide bonds. The van der Waals surface area contributed by atoms with Crippen molar-refractivity contribution in [3.05, 3.63) is 11.3 Å². The van der Waals surface area contributed by atoms with Crippen LogP contribution in [0.15, 0.2) is 11.3 Å². The Kier molecular flexibility index (Phi) is 4.07. The Labute approximate surface area is 118 Å². The molecule has 9 heteroatoms. The van der Waals surface area contributed by atoms with Gasteiger partial charge in [-0.05, 0) is 18.1 Å². The third-order valence-corrected chi connectivity index (χ3v) is 4.67. The highest BCUT2D eigenvalue weighted by atomic mass is 32.2. The number of amides is 1. The van der Waals surface area contributed by atoms with E-state index in [2.05, 4.69) is 4.84 Å². The monoisotopic (exact) mass is 304 g/mol. The molecule has 8 nitrogen and oxygen atoms in total. The van der Waals surface area contributed by atoms with Crippen molar-refractivity contribution in [1.29, 1.82) is 0 Å². The van der Waals surface area contributed by atoms with Gasteiger partial charge in [-0.3, -0.25) is 4.79 Å². The topological polar surface area (TPSA) is 136 Å². The van der Waals surface area contributed by atoms with E-state index in [-0.39, 0.29) is 17.7 Å². The molecule has 0 radical (unpaired) electrons. The summed E-state index contributed by atoms with van der Waals surface area (Å²) in [4.78, 5) is 29.0. The van der Waals surface area contributed by atoms with Crippen molar-refractivity contribution >= 4 is 23.1 Å². The molecule has 5 atom stereocenters. The lowest BCUT2D eigenvalue weighted by atomic mass is 9.83. The van der Waals surface area contributed by atoms with E-state index in [0.29, 0.717) is 0 Å². The number of carboxylic acids is 1. The van der Waals surface area contributed by atoms with Crippen LogP contribution in [-0.4, -0.2) is 55.4 Å². The van der Waals surface area contributed by atoms with Crippen molar-refractivity contribution in [1.82, 2.24) is 4.90 Å². The first kappa shape index (κ1) is 15.3. The average Bonchev–Trinajstić information content (AvgIpc) is 2.64. The second kappa shape index (κ2) is 5.34. The van der Waals surface area contributed by atoms with Gasteiger partial charge >= 0.3 is 5.97 Å². The number of carbonyl (C=O) groups excluding carboxylic acids is 1. The number of carbonyl (C=O) groups is 2. The molecule has 0 aliphatic carbocycles. The van der Waals surface area contributed by atoms with Gasteiger partial charge in [0.25, 0.3) is 5.44 Å². The first-order valence-corrected chi connectivity index (χ1v) is 7.58. The summed E-state index contributed by atoms with van der Waals surface area (Å²) >= 11 is -1.53. The van der Waals surface area contributed by atoms with E-state index in [1.165, 1.54) is 13.2 Å².